The summed E-state index contributed by atoms with van der Waals surface area (Å²) in [5.41, 5.74) is 0.977. The summed E-state index contributed by atoms with van der Waals surface area (Å²) in [6.07, 6.45) is 0. The Labute approximate surface area is 204 Å². The van der Waals surface area contributed by atoms with Gasteiger partial charge in [0.25, 0.3) is 0 Å². The largest absolute Gasteiger partial charge is 0.324 e. The molecule has 0 bridgehead atoms. The van der Waals surface area contributed by atoms with E-state index in [9.17, 15) is 13.2 Å². The van der Waals surface area contributed by atoms with E-state index >= 15 is 0 Å². The molecule has 0 saturated carbocycles. The number of carbonyl (C=O) groups is 1. The Morgan fingerprint density at radius 2 is 1.52 bits per heavy atom. The van der Waals surface area contributed by atoms with Crippen molar-refractivity contribution in [2.45, 2.75) is 11.4 Å². The van der Waals surface area contributed by atoms with Crippen LogP contribution in [0.15, 0.2) is 76.1 Å². The molecule has 10 heteroatoms. The van der Waals surface area contributed by atoms with E-state index in [-0.39, 0.29) is 16.5 Å². The van der Waals surface area contributed by atoms with Crippen LogP contribution in [-0.4, -0.2) is 25.2 Å². The highest BCUT2D eigenvalue weighted by molar-refractivity contribution is 9.10. The van der Waals surface area contributed by atoms with Gasteiger partial charge in [0.05, 0.1) is 22.2 Å². The average molecular weight is 563 g/mol. The van der Waals surface area contributed by atoms with E-state index in [0.29, 0.717) is 21.3 Å². The zero-order chi connectivity index (χ0) is 22.6. The van der Waals surface area contributed by atoms with Crippen molar-refractivity contribution < 1.29 is 13.2 Å². The fourth-order valence-corrected chi connectivity index (χ4v) is 4.83. The predicted molar refractivity (Wildman–Crippen MR) is 128 cm³/mol. The molecule has 1 amide bonds. The standard InChI is InChI=1S/C21H16BrCl3N2O3S/c22-15-3-8-18(9-4-15)31(29,30)27(12-14-1-5-16(23)6-2-14)13-21(28)26-20-11-17(24)7-10-19(20)25/h1-11H,12-13H2,(H,26,28). The van der Waals surface area contributed by atoms with E-state index in [4.69, 9.17) is 34.8 Å². The fourth-order valence-electron chi connectivity index (χ4n) is 2.72. The topological polar surface area (TPSA) is 66.5 Å². The Kier molecular flexibility index (Phi) is 8.02. The Hall–Kier alpha value is -1.61. The van der Waals surface area contributed by atoms with Crippen LogP contribution in [0.4, 0.5) is 5.69 Å². The molecule has 0 atom stereocenters. The highest BCUT2D eigenvalue weighted by Gasteiger charge is 2.27. The van der Waals surface area contributed by atoms with Crippen molar-refractivity contribution in [2.75, 3.05) is 11.9 Å². The van der Waals surface area contributed by atoms with Crippen LogP contribution in [0.2, 0.25) is 15.1 Å². The van der Waals surface area contributed by atoms with Crippen LogP contribution < -0.4 is 5.32 Å². The molecular formula is C21H16BrCl3N2O3S. The summed E-state index contributed by atoms with van der Waals surface area (Å²) in [5.74, 6) is -0.557. The van der Waals surface area contributed by atoms with Gasteiger partial charge in [-0.3, -0.25) is 4.79 Å². The van der Waals surface area contributed by atoms with Crippen LogP contribution >= 0.6 is 50.7 Å². The average Bonchev–Trinajstić information content (AvgIpc) is 2.72. The van der Waals surface area contributed by atoms with Crippen molar-refractivity contribution >= 4 is 72.4 Å². The van der Waals surface area contributed by atoms with Gasteiger partial charge in [-0.25, -0.2) is 8.42 Å². The van der Waals surface area contributed by atoms with Crippen molar-refractivity contribution in [3.63, 3.8) is 0 Å². The molecule has 0 spiro atoms. The number of halogens is 4. The van der Waals surface area contributed by atoms with E-state index in [1.807, 2.05) is 0 Å². The first-order chi connectivity index (χ1) is 14.6. The lowest BCUT2D eigenvalue weighted by atomic mass is 10.2. The van der Waals surface area contributed by atoms with E-state index in [0.717, 1.165) is 8.78 Å². The van der Waals surface area contributed by atoms with Gasteiger partial charge < -0.3 is 5.32 Å². The first-order valence-corrected chi connectivity index (χ1v) is 12.3. The van der Waals surface area contributed by atoms with Gasteiger partial charge in [-0.1, -0.05) is 62.9 Å². The van der Waals surface area contributed by atoms with Crippen LogP contribution in [-0.2, 0) is 21.4 Å². The van der Waals surface area contributed by atoms with Crippen molar-refractivity contribution in [3.05, 3.63) is 91.8 Å². The number of nitrogens with zero attached hydrogens (tertiary/aromatic N) is 1. The SMILES string of the molecule is O=C(CN(Cc1ccc(Cl)cc1)S(=O)(=O)c1ccc(Br)cc1)Nc1cc(Cl)ccc1Cl. The lowest BCUT2D eigenvalue weighted by Gasteiger charge is -2.22. The number of hydrogen-bond acceptors (Lipinski definition) is 3. The third-order valence-corrected chi connectivity index (χ3v) is 7.40. The molecule has 3 aromatic rings. The summed E-state index contributed by atoms with van der Waals surface area (Å²) in [6, 6.07) is 17.6. The minimum Gasteiger partial charge on any atom is -0.324 e. The van der Waals surface area contributed by atoms with E-state index in [1.54, 1.807) is 48.5 Å². The molecule has 3 rings (SSSR count). The van der Waals surface area contributed by atoms with Crippen LogP contribution in [0.1, 0.15) is 5.56 Å². The van der Waals surface area contributed by atoms with Gasteiger partial charge >= 0.3 is 0 Å². The zero-order valence-electron chi connectivity index (χ0n) is 15.9. The maximum Gasteiger partial charge on any atom is 0.243 e. The number of amides is 1. The number of nitrogens with one attached hydrogen (secondary N) is 1. The molecule has 31 heavy (non-hydrogen) atoms. The molecule has 0 fully saturated rings. The fraction of sp³-hybridized carbons (Fsp3) is 0.0952. The normalized spacial score (nSPS) is 11.5. The van der Waals surface area contributed by atoms with Gasteiger partial charge in [0.1, 0.15) is 0 Å². The van der Waals surface area contributed by atoms with Gasteiger partial charge in [-0.2, -0.15) is 4.31 Å². The lowest BCUT2D eigenvalue weighted by molar-refractivity contribution is -0.116. The lowest BCUT2D eigenvalue weighted by Crippen LogP contribution is -2.37. The van der Waals surface area contributed by atoms with Crippen molar-refractivity contribution in [2.24, 2.45) is 0 Å². The summed E-state index contributed by atoms with van der Waals surface area (Å²) < 4.78 is 28.4. The maximum atomic E-state index is 13.3. The van der Waals surface area contributed by atoms with Crippen molar-refractivity contribution in [3.8, 4) is 0 Å². The summed E-state index contributed by atoms with van der Waals surface area (Å²) in [7, 11) is -3.97. The van der Waals surface area contributed by atoms with Gasteiger partial charge in [0.15, 0.2) is 0 Å². The third-order valence-electron chi connectivity index (χ3n) is 4.25. The molecule has 0 saturated heterocycles. The smallest absolute Gasteiger partial charge is 0.243 e. The molecule has 3 aromatic carbocycles. The van der Waals surface area contributed by atoms with Crippen LogP contribution in [0.5, 0.6) is 0 Å². The van der Waals surface area contributed by atoms with E-state index < -0.39 is 22.5 Å². The summed E-state index contributed by atoms with van der Waals surface area (Å²) in [6.45, 7) is -0.448. The number of carbonyl (C=O) groups excluding carboxylic acids is 1. The minimum absolute atomic E-state index is 0.0216. The Bertz CT molecular complexity index is 1190. The van der Waals surface area contributed by atoms with Crippen molar-refractivity contribution in [1.29, 1.82) is 0 Å². The molecule has 0 unspecified atom stereocenters. The molecule has 0 heterocycles. The number of anilines is 1. The van der Waals surface area contributed by atoms with Crippen LogP contribution in [0.3, 0.4) is 0 Å². The molecular weight excluding hydrogens is 547 g/mol. The first-order valence-electron chi connectivity index (χ1n) is 8.90. The summed E-state index contributed by atoms with van der Waals surface area (Å²) in [5, 5.41) is 3.82. The third kappa shape index (κ3) is 6.44. The Morgan fingerprint density at radius 1 is 0.903 bits per heavy atom. The Morgan fingerprint density at radius 3 is 2.16 bits per heavy atom. The second-order valence-electron chi connectivity index (χ2n) is 6.53. The summed E-state index contributed by atoms with van der Waals surface area (Å²) >= 11 is 21.3. The van der Waals surface area contributed by atoms with Crippen molar-refractivity contribution in [1.82, 2.24) is 4.31 Å². The van der Waals surface area contributed by atoms with Gasteiger partial charge in [-0.05, 0) is 60.2 Å². The number of hydrogen-bond donors (Lipinski definition) is 1. The monoisotopic (exact) mass is 560 g/mol. The number of rotatable bonds is 7. The first kappa shape index (κ1) is 24.0. The second-order valence-corrected chi connectivity index (χ2v) is 10.7. The summed E-state index contributed by atoms with van der Waals surface area (Å²) in [4.78, 5) is 12.8. The molecule has 0 aliphatic carbocycles. The Balaban J connectivity index is 1.89. The molecule has 0 radical (unpaired) electrons. The number of sulfonamides is 1. The van der Waals surface area contributed by atoms with Gasteiger partial charge in [-0.15, -0.1) is 0 Å². The minimum atomic E-state index is -3.97. The van der Waals surface area contributed by atoms with Gasteiger partial charge in [0.2, 0.25) is 15.9 Å². The van der Waals surface area contributed by atoms with Crippen LogP contribution in [0, 0.1) is 0 Å². The van der Waals surface area contributed by atoms with Gasteiger partial charge in [0, 0.05) is 21.1 Å². The maximum absolute atomic E-state index is 13.3. The highest BCUT2D eigenvalue weighted by Crippen LogP contribution is 2.26. The van der Waals surface area contributed by atoms with E-state index in [1.165, 1.54) is 18.2 Å². The highest BCUT2D eigenvalue weighted by atomic mass is 79.9. The molecule has 0 aliphatic heterocycles. The molecule has 0 aromatic heterocycles. The molecule has 1 N–H and O–H groups in total. The molecule has 162 valence electrons. The second kappa shape index (κ2) is 10.3. The quantitative estimate of drug-likeness (QED) is 0.371. The van der Waals surface area contributed by atoms with E-state index in [2.05, 4.69) is 21.2 Å². The molecule has 0 aliphatic rings. The predicted octanol–water partition coefficient (Wildman–Crippen LogP) is 6.24. The molecule has 5 nitrogen and oxygen atoms in total. The zero-order valence-corrected chi connectivity index (χ0v) is 20.5. The van der Waals surface area contributed by atoms with Crippen LogP contribution in [0.25, 0.3) is 0 Å². The number of benzene rings is 3.